The number of nitrogens with zero attached hydrogens (tertiary/aromatic N) is 1. The van der Waals surface area contributed by atoms with Crippen molar-refractivity contribution in [3.63, 3.8) is 0 Å². The molecule has 25 heavy (non-hydrogen) atoms. The van der Waals surface area contributed by atoms with Gasteiger partial charge in [0.1, 0.15) is 24.6 Å². The molecular formula is C20H20FNO3. The Morgan fingerprint density at radius 1 is 1.16 bits per heavy atom. The van der Waals surface area contributed by atoms with Gasteiger partial charge in [0.15, 0.2) is 0 Å². The first kappa shape index (κ1) is 16.1. The van der Waals surface area contributed by atoms with Gasteiger partial charge in [-0.25, -0.2) is 9.18 Å². The highest BCUT2D eigenvalue weighted by Gasteiger charge is 2.50. The third-order valence-electron chi connectivity index (χ3n) is 4.84. The topological polar surface area (TPSA) is 42.1 Å². The lowest BCUT2D eigenvalue weighted by Gasteiger charge is -2.23. The Balaban J connectivity index is 1.36. The highest BCUT2D eigenvalue weighted by atomic mass is 19.1. The highest BCUT2D eigenvalue weighted by molar-refractivity contribution is 5.68. The number of rotatable bonds is 4. The van der Waals surface area contributed by atoms with Gasteiger partial charge in [-0.15, -0.1) is 0 Å². The van der Waals surface area contributed by atoms with E-state index in [1.165, 1.54) is 12.1 Å². The van der Waals surface area contributed by atoms with Crippen molar-refractivity contribution in [3.05, 3.63) is 71.5 Å². The molecule has 2 fully saturated rings. The summed E-state index contributed by atoms with van der Waals surface area (Å²) in [7, 11) is 0. The van der Waals surface area contributed by atoms with Gasteiger partial charge >= 0.3 is 6.09 Å². The number of benzene rings is 2. The normalized spacial score (nSPS) is 25.0. The van der Waals surface area contributed by atoms with Gasteiger partial charge in [0.05, 0.1) is 6.04 Å². The third-order valence-corrected chi connectivity index (χ3v) is 4.84. The van der Waals surface area contributed by atoms with Crippen LogP contribution in [0.5, 0.6) is 0 Å². The maximum Gasteiger partial charge on any atom is 0.410 e. The second-order valence-electron chi connectivity index (χ2n) is 6.52. The highest BCUT2D eigenvalue weighted by Crippen LogP contribution is 2.45. The Labute approximate surface area is 146 Å². The quantitative estimate of drug-likeness (QED) is 0.788. The maximum atomic E-state index is 13.1. The first-order valence-electron chi connectivity index (χ1n) is 8.60. The second kappa shape index (κ2) is 6.84. The molecule has 1 amide bonds. The van der Waals surface area contributed by atoms with Crippen LogP contribution in [-0.2, 0) is 16.1 Å². The van der Waals surface area contributed by atoms with Crippen molar-refractivity contribution < 1.29 is 18.7 Å². The number of hydrogen-bond acceptors (Lipinski definition) is 3. The van der Waals surface area contributed by atoms with E-state index in [1.54, 1.807) is 17.0 Å². The molecule has 0 saturated carbocycles. The number of halogens is 1. The van der Waals surface area contributed by atoms with E-state index in [1.807, 2.05) is 30.3 Å². The molecule has 2 aliphatic rings. The van der Waals surface area contributed by atoms with Crippen molar-refractivity contribution in [1.82, 2.24) is 4.90 Å². The van der Waals surface area contributed by atoms with E-state index in [4.69, 9.17) is 9.47 Å². The Morgan fingerprint density at radius 2 is 1.92 bits per heavy atom. The van der Waals surface area contributed by atoms with E-state index in [-0.39, 0.29) is 36.8 Å². The summed E-state index contributed by atoms with van der Waals surface area (Å²) in [5, 5.41) is 0. The van der Waals surface area contributed by atoms with E-state index in [0.29, 0.717) is 6.54 Å². The summed E-state index contributed by atoms with van der Waals surface area (Å²) in [5.41, 5.74) is 1.93. The number of carbonyl (C=O) groups excluding carboxylic acids is 1. The Hall–Kier alpha value is -2.40. The fourth-order valence-electron chi connectivity index (χ4n) is 3.50. The van der Waals surface area contributed by atoms with Crippen molar-refractivity contribution in [1.29, 1.82) is 0 Å². The number of ether oxygens (including phenoxy) is 2. The van der Waals surface area contributed by atoms with Crippen LogP contribution >= 0.6 is 0 Å². The summed E-state index contributed by atoms with van der Waals surface area (Å²) in [6, 6.07) is 16.0. The van der Waals surface area contributed by atoms with Crippen LogP contribution in [0.25, 0.3) is 0 Å². The van der Waals surface area contributed by atoms with E-state index in [2.05, 4.69) is 0 Å². The summed E-state index contributed by atoms with van der Waals surface area (Å²) < 4.78 is 24.3. The van der Waals surface area contributed by atoms with Gasteiger partial charge in [0.25, 0.3) is 0 Å². The van der Waals surface area contributed by atoms with Crippen LogP contribution in [0.4, 0.5) is 9.18 Å². The fraction of sp³-hybridized carbons (Fsp3) is 0.350. The van der Waals surface area contributed by atoms with Gasteiger partial charge in [-0.3, -0.25) is 0 Å². The first-order chi connectivity index (χ1) is 12.2. The number of carbonyl (C=O) groups is 1. The number of likely N-dealkylation sites (tertiary alicyclic amines) is 1. The number of epoxide rings is 1. The molecule has 130 valence electrons. The second-order valence-corrected chi connectivity index (χ2v) is 6.52. The molecule has 2 aliphatic heterocycles. The lowest BCUT2D eigenvalue weighted by Crippen LogP contribution is -2.39. The molecule has 0 N–H and O–H groups in total. The third kappa shape index (κ3) is 3.51. The smallest absolute Gasteiger partial charge is 0.410 e. The average molecular weight is 341 g/mol. The van der Waals surface area contributed by atoms with Gasteiger partial charge in [0, 0.05) is 6.54 Å². The largest absolute Gasteiger partial charge is 0.445 e. The van der Waals surface area contributed by atoms with E-state index >= 15 is 0 Å². The molecular weight excluding hydrogens is 321 g/mol. The molecule has 2 aromatic carbocycles. The predicted octanol–water partition coefficient (Wildman–Crippen LogP) is 4.07. The molecule has 0 unspecified atom stereocenters. The zero-order chi connectivity index (χ0) is 17.2. The van der Waals surface area contributed by atoms with E-state index < -0.39 is 0 Å². The summed E-state index contributed by atoms with van der Waals surface area (Å²) in [5.74, 6) is -0.257. The van der Waals surface area contributed by atoms with Gasteiger partial charge in [-0.05, 0) is 36.1 Å². The van der Waals surface area contributed by atoms with Crippen LogP contribution in [0.1, 0.15) is 30.1 Å². The number of hydrogen-bond donors (Lipinski definition) is 0. The molecule has 0 aromatic heterocycles. The summed E-state index contributed by atoms with van der Waals surface area (Å²) in [4.78, 5) is 14.2. The molecule has 0 spiro atoms. The van der Waals surface area contributed by atoms with Crippen LogP contribution < -0.4 is 0 Å². The molecule has 0 bridgehead atoms. The minimum atomic E-state index is -0.292. The number of amides is 1. The average Bonchev–Trinajstić information content (AvgIpc) is 3.28. The Bertz CT molecular complexity index is 734. The van der Waals surface area contributed by atoms with Crippen LogP contribution in [0.3, 0.4) is 0 Å². The van der Waals surface area contributed by atoms with Gasteiger partial charge in [0.2, 0.25) is 0 Å². The minimum Gasteiger partial charge on any atom is -0.445 e. The molecule has 0 aliphatic carbocycles. The van der Waals surface area contributed by atoms with Crippen LogP contribution in [0.15, 0.2) is 54.6 Å². The standard InChI is InChI=1S/C20H20FNO3/c21-16-10-8-15(9-11-16)18-19(25-18)17-7-4-12-22(17)20(23)24-13-14-5-2-1-3-6-14/h1-3,5-6,8-11,17-19H,4,7,12-13H2/t17-,18+,19+/m1/s1. The fourth-order valence-corrected chi connectivity index (χ4v) is 3.50. The lowest BCUT2D eigenvalue weighted by molar-refractivity contribution is 0.0871. The summed E-state index contributed by atoms with van der Waals surface area (Å²) in [6.45, 7) is 0.962. The van der Waals surface area contributed by atoms with Crippen molar-refractivity contribution in [3.8, 4) is 0 Å². The van der Waals surface area contributed by atoms with E-state index in [0.717, 1.165) is 24.0 Å². The zero-order valence-corrected chi connectivity index (χ0v) is 13.8. The van der Waals surface area contributed by atoms with Crippen LogP contribution in [0.2, 0.25) is 0 Å². The Morgan fingerprint density at radius 3 is 2.68 bits per heavy atom. The van der Waals surface area contributed by atoms with Crippen molar-refractivity contribution in [2.75, 3.05) is 6.54 Å². The molecule has 4 rings (SSSR count). The molecule has 5 heteroatoms. The first-order valence-corrected chi connectivity index (χ1v) is 8.60. The summed E-state index contributed by atoms with van der Waals surface area (Å²) in [6.07, 6.45) is 1.47. The van der Waals surface area contributed by atoms with Crippen molar-refractivity contribution in [2.24, 2.45) is 0 Å². The Kier molecular flexibility index (Phi) is 4.40. The predicted molar refractivity (Wildman–Crippen MR) is 90.4 cm³/mol. The molecule has 2 aromatic rings. The molecule has 4 nitrogen and oxygen atoms in total. The van der Waals surface area contributed by atoms with Gasteiger partial charge in [-0.2, -0.15) is 0 Å². The SMILES string of the molecule is O=C(OCc1ccccc1)N1CCC[C@@H]1[C@@H]1O[C@H]1c1ccc(F)cc1. The zero-order valence-electron chi connectivity index (χ0n) is 13.8. The van der Waals surface area contributed by atoms with Crippen molar-refractivity contribution in [2.45, 2.75) is 37.7 Å². The van der Waals surface area contributed by atoms with Gasteiger partial charge < -0.3 is 14.4 Å². The molecule has 2 heterocycles. The molecule has 2 saturated heterocycles. The molecule has 0 radical (unpaired) electrons. The van der Waals surface area contributed by atoms with E-state index in [9.17, 15) is 9.18 Å². The summed E-state index contributed by atoms with van der Waals surface area (Å²) >= 11 is 0. The molecule has 3 atom stereocenters. The minimum absolute atomic E-state index is 0.0262. The van der Waals surface area contributed by atoms with Crippen LogP contribution in [-0.4, -0.2) is 29.7 Å². The lowest BCUT2D eigenvalue weighted by atomic mass is 10.0. The maximum absolute atomic E-state index is 13.1. The van der Waals surface area contributed by atoms with Crippen LogP contribution in [0, 0.1) is 5.82 Å². The van der Waals surface area contributed by atoms with Crippen molar-refractivity contribution >= 4 is 6.09 Å². The van der Waals surface area contributed by atoms with Gasteiger partial charge in [-0.1, -0.05) is 42.5 Å². The monoisotopic (exact) mass is 341 g/mol.